The lowest BCUT2D eigenvalue weighted by atomic mass is 10.3. The van der Waals surface area contributed by atoms with Gasteiger partial charge in [-0.05, 0) is 0 Å². The molecule has 0 spiro atoms. The van der Waals surface area contributed by atoms with Gasteiger partial charge in [-0.1, -0.05) is 11.6 Å². The summed E-state index contributed by atoms with van der Waals surface area (Å²) >= 11 is 5.19. The lowest BCUT2D eigenvalue weighted by molar-refractivity contribution is -0.141. The maximum atomic E-state index is 12.1. The number of aromatic nitrogens is 2. The maximum Gasteiger partial charge on any atom is 0.435 e. The Bertz CT molecular complexity index is 339. The number of halogens is 4. The van der Waals surface area contributed by atoms with Crippen LogP contribution >= 0.6 is 11.6 Å². The van der Waals surface area contributed by atoms with Crippen molar-refractivity contribution in [1.82, 2.24) is 9.97 Å². The maximum absolute atomic E-state index is 12.1. The molecule has 0 fully saturated rings. The lowest BCUT2D eigenvalue weighted by Crippen LogP contribution is -2.13. The third-order valence-electron chi connectivity index (χ3n) is 1.15. The van der Waals surface area contributed by atoms with E-state index in [2.05, 4.69) is 9.97 Å². The second kappa shape index (κ2) is 3.29. The van der Waals surface area contributed by atoms with Crippen LogP contribution in [0.3, 0.4) is 0 Å². The molecule has 0 saturated carbocycles. The Morgan fingerprint density at radius 3 is 2.54 bits per heavy atom. The molecule has 0 aliphatic rings. The standard InChI is InChI=1S/C6H2ClF3N2O/c7-4-1-11-3(2-13)5(12-4)6(8,9)10/h1-2H. The summed E-state index contributed by atoms with van der Waals surface area (Å²) in [5, 5.41) is -0.405. The molecule has 0 aromatic carbocycles. The first-order chi connectivity index (χ1) is 5.95. The van der Waals surface area contributed by atoms with Crippen molar-refractivity contribution in [2.45, 2.75) is 6.18 Å². The number of carbonyl (C=O) groups is 1. The number of carbonyl (C=O) groups excluding carboxylic acids is 1. The second-order valence-electron chi connectivity index (χ2n) is 2.04. The van der Waals surface area contributed by atoms with Gasteiger partial charge in [0.15, 0.2) is 12.0 Å². The summed E-state index contributed by atoms with van der Waals surface area (Å²) in [5.41, 5.74) is -2.13. The van der Waals surface area contributed by atoms with Crippen LogP contribution in [0.15, 0.2) is 6.20 Å². The molecule has 1 aromatic heterocycles. The number of hydrogen-bond acceptors (Lipinski definition) is 3. The van der Waals surface area contributed by atoms with Gasteiger partial charge in [-0.25, -0.2) is 9.97 Å². The predicted octanol–water partition coefficient (Wildman–Crippen LogP) is 1.96. The van der Waals surface area contributed by atoms with E-state index in [0.717, 1.165) is 6.20 Å². The van der Waals surface area contributed by atoms with Gasteiger partial charge in [-0.3, -0.25) is 4.79 Å². The Morgan fingerprint density at radius 1 is 1.46 bits per heavy atom. The Kier molecular flexibility index (Phi) is 2.51. The molecule has 3 nitrogen and oxygen atoms in total. The first-order valence-corrected chi connectivity index (χ1v) is 3.38. The van der Waals surface area contributed by atoms with E-state index >= 15 is 0 Å². The Labute approximate surface area is 75.6 Å². The largest absolute Gasteiger partial charge is 0.435 e. The number of nitrogens with zero attached hydrogens (tertiary/aromatic N) is 2. The van der Waals surface area contributed by atoms with Gasteiger partial charge in [0.2, 0.25) is 0 Å². The van der Waals surface area contributed by atoms with Crippen LogP contribution in [-0.2, 0) is 6.18 Å². The van der Waals surface area contributed by atoms with Crippen LogP contribution in [0, 0.1) is 0 Å². The summed E-state index contributed by atoms with van der Waals surface area (Å²) < 4.78 is 36.3. The molecule has 0 saturated heterocycles. The van der Waals surface area contributed by atoms with E-state index in [1.807, 2.05) is 0 Å². The van der Waals surface area contributed by atoms with E-state index in [1.165, 1.54) is 0 Å². The first kappa shape index (κ1) is 9.91. The number of alkyl halides is 3. The molecule has 0 radical (unpaired) electrons. The van der Waals surface area contributed by atoms with Gasteiger partial charge in [0.1, 0.15) is 10.8 Å². The highest BCUT2D eigenvalue weighted by atomic mass is 35.5. The average molecular weight is 211 g/mol. The Balaban J connectivity index is 3.32. The highest BCUT2D eigenvalue weighted by Crippen LogP contribution is 2.29. The van der Waals surface area contributed by atoms with Gasteiger partial charge >= 0.3 is 6.18 Å². The van der Waals surface area contributed by atoms with Crippen LogP contribution in [0.2, 0.25) is 5.15 Å². The Morgan fingerprint density at radius 2 is 2.08 bits per heavy atom. The SMILES string of the molecule is O=Cc1ncc(Cl)nc1C(F)(F)F. The summed E-state index contributed by atoms with van der Waals surface area (Å²) in [6.45, 7) is 0. The minimum atomic E-state index is -4.71. The van der Waals surface area contributed by atoms with E-state index in [1.54, 1.807) is 0 Å². The van der Waals surface area contributed by atoms with Gasteiger partial charge in [-0.15, -0.1) is 0 Å². The number of hydrogen-bond donors (Lipinski definition) is 0. The normalized spacial score (nSPS) is 11.4. The van der Waals surface area contributed by atoms with Crippen molar-refractivity contribution in [3.8, 4) is 0 Å². The third kappa shape index (κ3) is 2.15. The minimum absolute atomic E-state index is 0.0217. The van der Waals surface area contributed by atoms with Crippen molar-refractivity contribution < 1.29 is 18.0 Å². The van der Waals surface area contributed by atoms with Crippen molar-refractivity contribution >= 4 is 17.9 Å². The van der Waals surface area contributed by atoms with Crippen molar-refractivity contribution in [2.24, 2.45) is 0 Å². The topological polar surface area (TPSA) is 42.9 Å². The molecule has 0 aliphatic carbocycles. The molecule has 0 atom stereocenters. The fourth-order valence-electron chi connectivity index (χ4n) is 0.672. The van der Waals surface area contributed by atoms with Crippen LogP contribution in [0.1, 0.15) is 16.2 Å². The monoisotopic (exact) mass is 210 g/mol. The van der Waals surface area contributed by atoms with Crippen molar-refractivity contribution in [3.05, 3.63) is 22.7 Å². The molecule has 13 heavy (non-hydrogen) atoms. The number of aldehydes is 1. The van der Waals surface area contributed by atoms with Crippen molar-refractivity contribution in [3.63, 3.8) is 0 Å². The van der Waals surface area contributed by atoms with Crippen LogP contribution < -0.4 is 0 Å². The Hall–Kier alpha value is -1.17. The molecular weight excluding hydrogens is 209 g/mol. The number of rotatable bonds is 1. The van der Waals surface area contributed by atoms with E-state index in [9.17, 15) is 18.0 Å². The quantitative estimate of drug-likeness (QED) is 0.666. The van der Waals surface area contributed by atoms with Crippen molar-refractivity contribution in [1.29, 1.82) is 0 Å². The summed E-state index contributed by atoms with van der Waals surface area (Å²) in [4.78, 5) is 16.3. The molecule has 0 N–H and O–H groups in total. The van der Waals surface area contributed by atoms with Gasteiger partial charge < -0.3 is 0 Å². The van der Waals surface area contributed by atoms with Gasteiger partial charge in [0.25, 0.3) is 0 Å². The lowest BCUT2D eigenvalue weighted by Gasteiger charge is -2.06. The molecule has 7 heteroatoms. The second-order valence-corrected chi connectivity index (χ2v) is 2.43. The molecule has 1 heterocycles. The molecular formula is C6H2ClF3N2O. The molecule has 0 amide bonds. The first-order valence-electron chi connectivity index (χ1n) is 3.00. The van der Waals surface area contributed by atoms with Gasteiger partial charge in [0, 0.05) is 0 Å². The third-order valence-corrected chi connectivity index (χ3v) is 1.33. The zero-order valence-corrected chi connectivity index (χ0v) is 6.73. The molecule has 70 valence electrons. The van der Waals surface area contributed by atoms with Crippen LogP contribution in [0.4, 0.5) is 13.2 Å². The predicted molar refractivity (Wildman–Crippen MR) is 37.4 cm³/mol. The summed E-state index contributed by atoms with van der Waals surface area (Å²) in [6, 6.07) is 0. The van der Waals surface area contributed by atoms with Crippen LogP contribution in [0.5, 0.6) is 0 Å². The van der Waals surface area contributed by atoms with Crippen molar-refractivity contribution in [2.75, 3.05) is 0 Å². The fourth-order valence-corrected chi connectivity index (χ4v) is 0.805. The molecule has 0 bridgehead atoms. The van der Waals surface area contributed by atoms with E-state index < -0.39 is 22.7 Å². The zero-order chi connectivity index (χ0) is 10.1. The highest BCUT2D eigenvalue weighted by molar-refractivity contribution is 6.29. The van der Waals surface area contributed by atoms with E-state index in [-0.39, 0.29) is 6.29 Å². The highest BCUT2D eigenvalue weighted by Gasteiger charge is 2.36. The van der Waals surface area contributed by atoms with Crippen LogP contribution in [0.25, 0.3) is 0 Å². The molecule has 1 aromatic rings. The smallest absolute Gasteiger partial charge is 0.296 e. The molecule has 1 rings (SSSR count). The summed E-state index contributed by atoms with van der Waals surface area (Å²) in [5.74, 6) is 0. The van der Waals surface area contributed by atoms with Crippen LogP contribution in [-0.4, -0.2) is 16.3 Å². The molecule has 0 aliphatic heterocycles. The molecule has 0 unspecified atom stereocenters. The van der Waals surface area contributed by atoms with E-state index in [0.29, 0.717) is 0 Å². The zero-order valence-electron chi connectivity index (χ0n) is 5.97. The minimum Gasteiger partial charge on any atom is -0.296 e. The fraction of sp³-hybridized carbons (Fsp3) is 0.167. The average Bonchev–Trinajstić information content (AvgIpc) is 2.03. The van der Waals surface area contributed by atoms with Gasteiger partial charge in [0.05, 0.1) is 6.20 Å². The van der Waals surface area contributed by atoms with Gasteiger partial charge in [-0.2, -0.15) is 13.2 Å². The summed E-state index contributed by atoms with van der Waals surface area (Å²) in [6.07, 6.45) is -3.86. The van der Waals surface area contributed by atoms with E-state index in [4.69, 9.17) is 11.6 Å². The summed E-state index contributed by atoms with van der Waals surface area (Å²) in [7, 11) is 0.